The summed E-state index contributed by atoms with van der Waals surface area (Å²) >= 11 is 3.32. The van der Waals surface area contributed by atoms with Crippen LogP contribution < -0.4 is 11.1 Å². The van der Waals surface area contributed by atoms with Gasteiger partial charge >= 0.3 is 0 Å². The van der Waals surface area contributed by atoms with Crippen molar-refractivity contribution in [3.05, 3.63) is 28.2 Å². The molecule has 100 valence electrons. The molecule has 1 amide bonds. The number of carbonyl (C=O) groups excluding carboxylic acids is 1. The summed E-state index contributed by atoms with van der Waals surface area (Å²) in [7, 11) is 0. The third-order valence-electron chi connectivity index (χ3n) is 3.37. The zero-order valence-corrected chi connectivity index (χ0v) is 12.8. The fraction of sp³-hybridized carbons (Fsp3) is 0.500. The van der Waals surface area contributed by atoms with Gasteiger partial charge in [-0.1, -0.05) is 26.7 Å². The van der Waals surface area contributed by atoms with Gasteiger partial charge in [-0.2, -0.15) is 0 Å². The molecule has 3 nitrogen and oxygen atoms in total. The zero-order chi connectivity index (χ0) is 13.7. The molecule has 3 N–H and O–H groups in total. The maximum absolute atomic E-state index is 12.1. The minimum Gasteiger partial charge on any atom is -0.398 e. The van der Waals surface area contributed by atoms with Crippen LogP contribution in [0.4, 0.5) is 5.69 Å². The van der Waals surface area contributed by atoms with Crippen molar-refractivity contribution in [2.45, 2.75) is 39.7 Å². The standard InChI is InChI=1S/C14H21BrN2O/c1-4-10(5-2)9(3)17-14(18)11-6-7-12(15)13(16)8-11/h6-10H,4-5,16H2,1-3H3,(H,17,18). The van der Waals surface area contributed by atoms with Gasteiger partial charge < -0.3 is 11.1 Å². The first-order valence-electron chi connectivity index (χ1n) is 6.35. The van der Waals surface area contributed by atoms with Crippen molar-refractivity contribution < 1.29 is 4.79 Å². The number of rotatable bonds is 5. The third-order valence-corrected chi connectivity index (χ3v) is 4.09. The predicted molar refractivity (Wildman–Crippen MR) is 79.6 cm³/mol. The van der Waals surface area contributed by atoms with Crippen molar-refractivity contribution in [1.82, 2.24) is 5.32 Å². The van der Waals surface area contributed by atoms with Gasteiger partial charge in [0.05, 0.1) is 0 Å². The fourth-order valence-electron chi connectivity index (χ4n) is 2.09. The molecule has 0 aromatic heterocycles. The lowest BCUT2D eigenvalue weighted by molar-refractivity contribution is 0.0925. The molecular formula is C14H21BrN2O. The Kier molecular flexibility index (Phi) is 5.66. The molecule has 0 fully saturated rings. The van der Waals surface area contributed by atoms with E-state index in [1.54, 1.807) is 18.2 Å². The lowest BCUT2D eigenvalue weighted by Gasteiger charge is -2.22. The van der Waals surface area contributed by atoms with Crippen LogP contribution in [-0.2, 0) is 0 Å². The Morgan fingerprint density at radius 2 is 2.00 bits per heavy atom. The van der Waals surface area contributed by atoms with E-state index in [0.717, 1.165) is 17.3 Å². The molecule has 0 spiro atoms. The van der Waals surface area contributed by atoms with E-state index in [9.17, 15) is 4.79 Å². The van der Waals surface area contributed by atoms with E-state index in [1.807, 2.05) is 0 Å². The van der Waals surface area contributed by atoms with Crippen molar-refractivity contribution in [3.63, 3.8) is 0 Å². The minimum absolute atomic E-state index is 0.0615. The number of hydrogen-bond acceptors (Lipinski definition) is 2. The molecule has 1 rings (SSSR count). The fourth-order valence-corrected chi connectivity index (χ4v) is 2.34. The Morgan fingerprint density at radius 3 is 2.50 bits per heavy atom. The maximum Gasteiger partial charge on any atom is 0.251 e. The van der Waals surface area contributed by atoms with E-state index in [1.165, 1.54) is 0 Å². The van der Waals surface area contributed by atoms with E-state index < -0.39 is 0 Å². The van der Waals surface area contributed by atoms with Gasteiger partial charge in [-0.3, -0.25) is 4.79 Å². The molecule has 0 bridgehead atoms. The number of nitrogen functional groups attached to an aromatic ring is 1. The van der Waals surface area contributed by atoms with Crippen LogP contribution in [0.15, 0.2) is 22.7 Å². The highest BCUT2D eigenvalue weighted by Crippen LogP contribution is 2.20. The smallest absolute Gasteiger partial charge is 0.251 e. The molecule has 0 aliphatic carbocycles. The van der Waals surface area contributed by atoms with Crippen LogP contribution in [0.3, 0.4) is 0 Å². The molecule has 1 atom stereocenters. The first-order chi connectivity index (χ1) is 8.49. The lowest BCUT2D eigenvalue weighted by Crippen LogP contribution is -2.37. The van der Waals surface area contributed by atoms with Gasteiger partial charge in [0.2, 0.25) is 0 Å². The summed E-state index contributed by atoms with van der Waals surface area (Å²) in [6, 6.07) is 5.44. The van der Waals surface area contributed by atoms with Gasteiger partial charge in [0, 0.05) is 21.8 Å². The second kappa shape index (κ2) is 6.78. The van der Waals surface area contributed by atoms with Gasteiger partial charge in [0.1, 0.15) is 0 Å². The molecule has 0 aliphatic heterocycles. The first kappa shape index (κ1) is 15.0. The number of benzene rings is 1. The molecule has 1 aromatic rings. The highest BCUT2D eigenvalue weighted by Gasteiger charge is 2.16. The van der Waals surface area contributed by atoms with Crippen molar-refractivity contribution in [2.24, 2.45) is 5.92 Å². The first-order valence-corrected chi connectivity index (χ1v) is 7.14. The number of halogens is 1. The van der Waals surface area contributed by atoms with Crippen LogP contribution >= 0.6 is 15.9 Å². The molecule has 1 aromatic carbocycles. The molecular weight excluding hydrogens is 292 g/mol. The molecule has 4 heteroatoms. The largest absolute Gasteiger partial charge is 0.398 e. The molecule has 18 heavy (non-hydrogen) atoms. The van der Waals surface area contributed by atoms with E-state index >= 15 is 0 Å². The van der Waals surface area contributed by atoms with Gasteiger partial charge in [-0.05, 0) is 47.0 Å². The van der Waals surface area contributed by atoms with Gasteiger partial charge in [0.15, 0.2) is 0 Å². The Bertz CT molecular complexity index is 416. The van der Waals surface area contributed by atoms with E-state index in [4.69, 9.17) is 5.73 Å². The average Bonchev–Trinajstić information content (AvgIpc) is 2.34. The summed E-state index contributed by atoms with van der Waals surface area (Å²) in [5.41, 5.74) is 6.96. The number of hydrogen-bond donors (Lipinski definition) is 2. The molecule has 0 saturated heterocycles. The van der Waals surface area contributed by atoms with Crippen LogP contribution in [0.2, 0.25) is 0 Å². The number of nitrogens with two attached hydrogens (primary N) is 1. The van der Waals surface area contributed by atoms with Crippen molar-refractivity contribution in [2.75, 3.05) is 5.73 Å². The SMILES string of the molecule is CCC(CC)C(C)NC(=O)c1ccc(Br)c(N)c1. The van der Waals surface area contributed by atoms with E-state index in [-0.39, 0.29) is 11.9 Å². The molecule has 0 heterocycles. The Morgan fingerprint density at radius 1 is 1.39 bits per heavy atom. The summed E-state index contributed by atoms with van der Waals surface area (Å²) in [5.74, 6) is 0.454. The number of carbonyl (C=O) groups is 1. The van der Waals surface area contributed by atoms with Crippen molar-refractivity contribution in [1.29, 1.82) is 0 Å². The number of anilines is 1. The lowest BCUT2D eigenvalue weighted by atomic mass is 9.95. The minimum atomic E-state index is -0.0615. The van der Waals surface area contributed by atoms with Crippen molar-refractivity contribution in [3.8, 4) is 0 Å². The van der Waals surface area contributed by atoms with Crippen LogP contribution in [0, 0.1) is 5.92 Å². The summed E-state index contributed by atoms with van der Waals surface area (Å²) in [6.45, 7) is 6.35. The van der Waals surface area contributed by atoms with Crippen LogP contribution in [0.5, 0.6) is 0 Å². The predicted octanol–water partition coefficient (Wildman–Crippen LogP) is 3.59. The number of nitrogens with one attached hydrogen (secondary N) is 1. The number of amides is 1. The molecule has 0 saturated carbocycles. The van der Waals surface area contributed by atoms with Crippen LogP contribution in [-0.4, -0.2) is 11.9 Å². The van der Waals surface area contributed by atoms with Gasteiger partial charge in [-0.25, -0.2) is 0 Å². The Balaban J connectivity index is 2.73. The topological polar surface area (TPSA) is 55.1 Å². The summed E-state index contributed by atoms with van der Waals surface area (Å²) < 4.78 is 0.812. The normalized spacial score (nSPS) is 12.5. The maximum atomic E-state index is 12.1. The monoisotopic (exact) mass is 312 g/mol. The quantitative estimate of drug-likeness (QED) is 0.816. The second-order valence-electron chi connectivity index (χ2n) is 4.58. The van der Waals surface area contributed by atoms with E-state index in [2.05, 4.69) is 42.0 Å². The van der Waals surface area contributed by atoms with Crippen LogP contribution in [0.1, 0.15) is 44.0 Å². The molecule has 1 unspecified atom stereocenters. The summed E-state index contributed by atoms with van der Waals surface area (Å²) in [5, 5.41) is 3.03. The Labute approximate surface area is 117 Å². The van der Waals surface area contributed by atoms with Gasteiger partial charge in [0.25, 0.3) is 5.91 Å². The average molecular weight is 313 g/mol. The third kappa shape index (κ3) is 3.73. The van der Waals surface area contributed by atoms with E-state index in [0.29, 0.717) is 17.2 Å². The van der Waals surface area contributed by atoms with Gasteiger partial charge in [-0.15, -0.1) is 0 Å². The van der Waals surface area contributed by atoms with Crippen molar-refractivity contribution >= 4 is 27.5 Å². The molecule has 0 radical (unpaired) electrons. The summed E-state index contributed by atoms with van der Waals surface area (Å²) in [6.07, 6.45) is 2.14. The molecule has 0 aliphatic rings. The Hall–Kier alpha value is -1.03. The highest BCUT2D eigenvalue weighted by molar-refractivity contribution is 9.10. The summed E-state index contributed by atoms with van der Waals surface area (Å²) in [4.78, 5) is 12.1. The second-order valence-corrected chi connectivity index (χ2v) is 5.43. The highest BCUT2D eigenvalue weighted by atomic mass is 79.9. The zero-order valence-electron chi connectivity index (χ0n) is 11.2. The van der Waals surface area contributed by atoms with Crippen LogP contribution in [0.25, 0.3) is 0 Å².